The van der Waals surface area contributed by atoms with Crippen LogP contribution in [0.3, 0.4) is 0 Å². The molecule has 6 heteroatoms. The number of anilines is 1. The first kappa shape index (κ1) is 20.5. The predicted octanol–water partition coefficient (Wildman–Crippen LogP) is 4.53. The van der Waals surface area contributed by atoms with Crippen LogP contribution in [0.25, 0.3) is 0 Å². The number of halogens is 1. The highest BCUT2D eigenvalue weighted by molar-refractivity contribution is 6.31. The third-order valence-corrected chi connectivity index (χ3v) is 5.33. The number of amides is 1. The first-order valence-corrected chi connectivity index (χ1v) is 9.97. The second kappa shape index (κ2) is 9.30. The van der Waals surface area contributed by atoms with E-state index in [4.69, 9.17) is 21.1 Å². The summed E-state index contributed by atoms with van der Waals surface area (Å²) in [5.74, 6) is 1.23. The standard InChI is InChI=1S/C22H27ClN2O3/c1-15-14-20(8-9-21(15)23)27-16(2)22(26)24-17-4-6-18(7-5-17)28-19-10-12-25(3)13-11-19/h4-9,14,16,19H,10-13H2,1-3H3,(H,24,26). The van der Waals surface area contributed by atoms with E-state index in [1.165, 1.54) is 0 Å². The highest BCUT2D eigenvalue weighted by atomic mass is 35.5. The van der Waals surface area contributed by atoms with Gasteiger partial charge in [-0.3, -0.25) is 4.79 Å². The summed E-state index contributed by atoms with van der Waals surface area (Å²) in [6, 6.07) is 12.8. The van der Waals surface area contributed by atoms with Crippen LogP contribution in [-0.4, -0.2) is 43.2 Å². The lowest BCUT2D eigenvalue weighted by Crippen LogP contribution is -2.35. The average Bonchev–Trinajstić information content (AvgIpc) is 2.68. The van der Waals surface area contributed by atoms with Crippen molar-refractivity contribution in [2.45, 2.75) is 38.9 Å². The van der Waals surface area contributed by atoms with Crippen molar-refractivity contribution in [3.8, 4) is 11.5 Å². The number of ether oxygens (including phenoxy) is 2. The van der Waals surface area contributed by atoms with Crippen molar-refractivity contribution in [1.82, 2.24) is 4.90 Å². The summed E-state index contributed by atoms with van der Waals surface area (Å²) in [7, 11) is 2.13. The zero-order valence-corrected chi connectivity index (χ0v) is 17.3. The van der Waals surface area contributed by atoms with E-state index in [-0.39, 0.29) is 12.0 Å². The molecule has 28 heavy (non-hydrogen) atoms. The molecule has 0 radical (unpaired) electrons. The topological polar surface area (TPSA) is 50.8 Å². The molecule has 1 aliphatic rings. The Morgan fingerprint density at radius 2 is 1.79 bits per heavy atom. The molecule has 5 nitrogen and oxygen atoms in total. The molecule has 150 valence electrons. The number of carbonyl (C=O) groups excluding carboxylic acids is 1. The maximum atomic E-state index is 12.4. The molecule has 1 amide bonds. The van der Waals surface area contributed by atoms with E-state index in [1.54, 1.807) is 19.1 Å². The van der Waals surface area contributed by atoms with Crippen molar-refractivity contribution in [2.75, 3.05) is 25.5 Å². The Kier molecular flexibility index (Phi) is 6.81. The van der Waals surface area contributed by atoms with Gasteiger partial charge in [0.2, 0.25) is 0 Å². The first-order valence-electron chi connectivity index (χ1n) is 9.59. The Morgan fingerprint density at radius 3 is 2.43 bits per heavy atom. The van der Waals surface area contributed by atoms with Gasteiger partial charge in [-0.1, -0.05) is 11.6 Å². The molecule has 2 aromatic carbocycles. The fourth-order valence-corrected chi connectivity index (χ4v) is 3.22. The van der Waals surface area contributed by atoms with Crippen molar-refractivity contribution in [1.29, 1.82) is 0 Å². The molecular weight excluding hydrogens is 376 g/mol. The van der Waals surface area contributed by atoms with Gasteiger partial charge < -0.3 is 19.7 Å². The fraction of sp³-hybridized carbons (Fsp3) is 0.409. The lowest BCUT2D eigenvalue weighted by atomic mass is 10.1. The number of piperidine rings is 1. The van der Waals surface area contributed by atoms with E-state index in [2.05, 4.69) is 17.3 Å². The third-order valence-electron chi connectivity index (χ3n) is 4.90. The zero-order chi connectivity index (χ0) is 20.1. The molecule has 1 fully saturated rings. The maximum Gasteiger partial charge on any atom is 0.265 e. The van der Waals surface area contributed by atoms with E-state index < -0.39 is 6.10 Å². The summed E-state index contributed by atoms with van der Waals surface area (Å²) in [5, 5.41) is 3.55. The van der Waals surface area contributed by atoms with E-state index in [0.29, 0.717) is 16.5 Å². The molecule has 0 bridgehead atoms. The van der Waals surface area contributed by atoms with Gasteiger partial charge in [0.05, 0.1) is 0 Å². The minimum absolute atomic E-state index is 0.211. The summed E-state index contributed by atoms with van der Waals surface area (Å²) >= 11 is 6.02. The van der Waals surface area contributed by atoms with Crippen LogP contribution in [0.4, 0.5) is 5.69 Å². The van der Waals surface area contributed by atoms with Gasteiger partial charge in [0, 0.05) is 23.8 Å². The SMILES string of the molecule is Cc1cc(OC(C)C(=O)Nc2ccc(OC3CCN(C)CC3)cc2)ccc1Cl. The summed E-state index contributed by atoms with van der Waals surface area (Å²) in [6.45, 7) is 5.74. The van der Waals surface area contributed by atoms with Crippen LogP contribution >= 0.6 is 11.6 Å². The van der Waals surface area contributed by atoms with Crippen LogP contribution in [-0.2, 0) is 4.79 Å². The molecular formula is C22H27ClN2O3. The number of rotatable bonds is 6. The molecule has 1 saturated heterocycles. The van der Waals surface area contributed by atoms with E-state index in [9.17, 15) is 4.79 Å². The smallest absolute Gasteiger partial charge is 0.265 e. The van der Waals surface area contributed by atoms with E-state index in [1.807, 2.05) is 37.3 Å². The van der Waals surface area contributed by atoms with Crippen molar-refractivity contribution in [2.24, 2.45) is 0 Å². The lowest BCUT2D eigenvalue weighted by molar-refractivity contribution is -0.122. The number of carbonyl (C=O) groups is 1. The molecule has 1 N–H and O–H groups in total. The molecule has 0 saturated carbocycles. The second-order valence-electron chi connectivity index (χ2n) is 7.31. The monoisotopic (exact) mass is 402 g/mol. The number of hydrogen-bond donors (Lipinski definition) is 1. The Balaban J connectivity index is 1.51. The van der Waals surface area contributed by atoms with Crippen molar-refractivity contribution in [3.63, 3.8) is 0 Å². The quantitative estimate of drug-likeness (QED) is 0.771. The van der Waals surface area contributed by atoms with Gasteiger partial charge in [-0.05, 0) is 81.8 Å². The number of hydrogen-bond acceptors (Lipinski definition) is 4. The number of aryl methyl sites for hydroxylation is 1. The Morgan fingerprint density at radius 1 is 1.14 bits per heavy atom. The van der Waals surface area contributed by atoms with Crippen LogP contribution < -0.4 is 14.8 Å². The normalized spacial score (nSPS) is 16.4. The van der Waals surface area contributed by atoms with Gasteiger partial charge in [-0.25, -0.2) is 0 Å². The highest BCUT2D eigenvalue weighted by Crippen LogP contribution is 2.23. The summed E-state index contributed by atoms with van der Waals surface area (Å²) in [5.41, 5.74) is 1.62. The molecule has 3 rings (SSSR count). The largest absolute Gasteiger partial charge is 0.490 e. The van der Waals surface area contributed by atoms with Crippen LogP contribution in [0.1, 0.15) is 25.3 Å². The van der Waals surface area contributed by atoms with Crippen LogP contribution in [0, 0.1) is 6.92 Å². The summed E-state index contributed by atoms with van der Waals surface area (Å²) in [4.78, 5) is 14.7. The van der Waals surface area contributed by atoms with E-state index in [0.717, 1.165) is 37.2 Å². The molecule has 0 aliphatic carbocycles. The third kappa shape index (κ3) is 5.63. The van der Waals surface area contributed by atoms with Gasteiger partial charge in [0.25, 0.3) is 5.91 Å². The number of benzene rings is 2. The highest BCUT2D eigenvalue weighted by Gasteiger charge is 2.18. The predicted molar refractivity (Wildman–Crippen MR) is 112 cm³/mol. The molecule has 1 unspecified atom stereocenters. The van der Waals surface area contributed by atoms with Crippen molar-refractivity contribution in [3.05, 3.63) is 53.1 Å². The Labute approximate surface area is 171 Å². The lowest BCUT2D eigenvalue weighted by Gasteiger charge is -2.29. The molecule has 1 heterocycles. The van der Waals surface area contributed by atoms with Gasteiger partial charge in [-0.15, -0.1) is 0 Å². The summed E-state index contributed by atoms with van der Waals surface area (Å²) in [6.07, 6.45) is 1.70. The van der Waals surface area contributed by atoms with Crippen LogP contribution in [0.5, 0.6) is 11.5 Å². The maximum absolute atomic E-state index is 12.4. The minimum Gasteiger partial charge on any atom is -0.490 e. The number of likely N-dealkylation sites (tertiary alicyclic amines) is 1. The fourth-order valence-electron chi connectivity index (χ4n) is 3.10. The van der Waals surface area contributed by atoms with E-state index >= 15 is 0 Å². The molecule has 0 aromatic heterocycles. The van der Waals surface area contributed by atoms with Gasteiger partial charge >= 0.3 is 0 Å². The molecule has 1 atom stereocenters. The minimum atomic E-state index is -0.629. The van der Waals surface area contributed by atoms with Crippen molar-refractivity contribution < 1.29 is 14.3 Å². The van der Waals surface area contributed by atoms with Gasteiger partial charge in [0.15, 0.2) is 6.10 Å². The first-order chi connectivity index (χ1) is 13.4. The van der Waals surface area contributed by atoms with Crippen molar-refractivity contribution >= 4 is 23.2 Å². The Bertz CT molecular complexity index is 802. The zero-order valence-electron chi connectivity index (χ0n) is 16.6. The van der Waals surface area contributed by atoms with Crippen LogP contribution in [0.15, 0.2) is 42.5 Å². The molecule has 1 aliphatic heterocycles. The van der Waals surface area contributed by atoms with Crippen LogP contribution in [0.2, 0.25) is 5.02 Å². The Hall–Kier alpha value is -2.24. The second-order valence-corrected chi connectivity index (χ2v) is 7.71. The molecule has 0 spiro atoms. The molecule has 2 aromatic rings. The summed E-state index contributed by atoms with van der Waals surface area (Å²) < 4.78 is 11.8. The van der Waals surface area contributed by atoms with Gasteiger partial charge in [0.1, 0.15) is 17.6 Å². The number of nitrogens with zero attached hydrogens (tertiary/aromatic N) is 1. The number of nitrogens with one attached hydrogen (secondary N) is 1. The van der Waals surface area contributed by atoms with Gasteiger partial charge in [-0.2, -0.15) is 0 Å². The average molecular weight is 403 g/mol.